The van der Waals surface area contributed by atoms with Crippen molar-refractivity contribution in [3.8, 4) is 5.75 Å². The van der Waals surface area contributed by atoms with E-state index in [1.54, 1.807) is 0 Å². The van der Waals surface area contributed by atoms with Crippen LogP contribution in [0.15, 0.2) is 24.3 Å². The molecule has 1 aliphatic rings. The number of hydrogen-bond acceptors (Lipinski definition) is 4. The molecule has 1 heterocycles. The van der Waals surface area contributed by atoms with Crippen molar-refractivity contribution in [1.82, 2.24) is 4.90 Å². The van der Waals surface area contributed by atoms with Gasteiger partial charge in [0.25, 0.3) is 0 Å². The fourth-order valence-electron chi connectivity index (χ4n) is 3.78. The molecule has 2 rings (SSSR count). The van der Waals surface area contributed by atoms with Crippen molar-refractivity contribution in [3.05, 3.63) is 29.8 Å². The summed E-state index contributed by atoms with van der Waals surface area (Å²) in [6.07, 6.45) is 0.857. The standard InChI is InChI=1S/C22H37NO3/c1-17-12-18(2)14-23(13-17)15-20(24)16-25-10-11-26-21-8-6-19(7-9-21)22(3,4)5/h6-9,17-18,20,24H,10-16H2,1-5H3/t17-,18-,20+/m1/s1. The van der Waals surface area contributed by atoms with Crippen LogP contribution in [0.1, 0.15) is 46.6 Å². The molecular weight excluding hydrogens is 326 g/mol. The number of aliphatic hydroxyl groups excluding tert-OH is 1. The molecule has 1 aromatic rings. The van der Waals surface area contributed by atoms with Crippen molar-refractivity contribution < 1.29 is 14.6 Å². The molecule has 0 radical (unpaired) electrons. The molecular formula is C22H37NO3. The van der Waals surface area contributed by atoms with E-state index in [4.69, 9.17) is 9.47 Å². The molecule has 0 bridgehead atoms. The second kappa shape index (κ2) is 9.72. The highest BCUT2D eigenvalue weighted by Crippen LogP contribution is 2.24. The van der Waals surface area contributed by atoms with Crippen molar-refractivity contribution in [2.24, 2.45) is 11.8 Å². The number of nitrogens with zero attached hydrogens (tertiary/aromatic N) is 1. The first kappa shape index (κ1) is 21.2. The van der Waals surface area contributed by atoms with Crippen molar-refractivity contribution >= 4 is 0 Å². The zero-order chi connectivity index (χ0) is 19.2. The maximum Gasteiger partial charge on any atom is 0.119 e. The van der Waals surface area contributed by atoms with Gasteiger partial charge in [0.05, 0.1) is 19.3 Å². The first-order chi connectivity index (χ1) is 12.2. The highest BCUT2D eigenvalue weighted by atomic mass is 16.5. The second-order valence-electron chi connectivity index (χ2n) is 9.02. The van der Waals surface area contributed by atoms with Gasteiger partial charge in [0.2, 0.25) is 0 Å². The summed E-state index contributed by atoms with van der Waals surface area (Å²) >= 11 is 0. The third kappa shape index (κ3) is 7.26. The summed E-state index contributed by atoms with van der Waals surface area (Å²) < 4.78 is 11.3. The largest absolute Gasteiger partial charge is 0.491 e. The third-order valence-corrected chi connectivity index (χ3v) is 4.94. The Morgan fingerprint density at radius 3 is 2.27 bits per heavy atom. The maximum absolute atomic E-state index is 10.2. The number of β-amino-alcohol motifs (C(OH)–C–C–N with tert-alkyl or cyclic N) is 1. The second-order valence-corrected chi connectivity index (χ2v) is 9.02. The van der Waals surface area contributed by atoms with Gasteiger partial charge in [0, 0.05) is 19.6 Å². The minimum atomic E-state index is -0.432. The van der Waals surface area contributed by atoms with Gasteiger partial charge in [0.1, 0.15) is 12.4 Å². The molecule has 4 heteroatoms. The lowest BCUT2D eigenvalue weighted by molar-refractivity contribution is -0.00211. The zero-order valence-corrected chi connectivity index (χ0v) is 17.2. The van der Waals surface area contributed by atoms with Gasteiger partial charge in [-0.1, -0.05) is 46.8 Å². The minimum absolute atomic E-state index is 0.154. The van der Waals surface area contributed by atoms with Crippen LogP contribution in [0, 0.1) is 11.8 Å². The quantitative estimate of drug-likeness (QED) is 0.715. The monoisotopic (exact) mass is 363 g/mol. The molecule has 148 valence electrons. The van der Waals surface area contributed by atoms with Crippen LogP contribution in [0.2, 0.25) is 0 Å². The Balaban J connectivity index is 1.60. The summed E-state index contributed by atoms with van der Waals surface area (Å²) in [7, 11) is 0. The minimum Gasteiger partial charge on any atom is -0.491 e. The molecule has 1 aliphatic heterocycles. The van der Waals surface area contributed by atoms with Crippen LogP contribution < -0.4 is 4.74 Å². The lowest BCUT2D eigenvalue weighted by Crippen LogP contribution is -2.43. The molecule has 0 aromatic heterocycles. The number of aliphatic hydroxyl groups is 1. The molecule has 0 spiro atoms. The molecule has 1 saturated heterocycles. The van der Waals surface area contributed by atoms with Crippen LogP contribution in [0.5, 0.6) is 5.75 Å². The maximum atomic E-state index is 10.2. The summed E-state index contributed by atoms with van der Waals surface area (Å²) in [5.74, 6) is 2.29. The lowest BCUT2D eigenvalue weighted by Gasteiger charge is -2.35. The first-order valence-corrected chi connectivity index (χ1v) is 9.95. The molecule has 1 aromatic carbocycles. The average Bonchev–Trinajstić information content (AvgIpc) is 2.53. The van der Waals surface area contributed by atoms with Crippen LogP contribution >= 0.6 is 0 Å². The number of benzene rings is 1. The Kier molecular flexibility index (Phi) is 7.93. The van der Waals surface area contributed by atoms with E-state index in [9.17, 15) is 5.11 Å². The van der Waals surface area contributed by atoms with Gasteiger partial charge in [-0.15, -0.1) is 0 Å². The Bertz CT molecular complexity index is 513. The predicted molar refractivity (Wildman–Crippen MR) is 107 cm³/mol. The molecule has 1 N–H and O–H groups in total. The Morgan fingerprint density at radius 1 is 1.08 bits per heavy atom. The topological polar surface area (TPSA) is 41.9 Å². The van der Waals surface area contributed by atoms with Crippen molar-refractivity contribution in [2.45, 2.75) is 52.6 Å². The van der Waals surface area contributed by atoms with E-state index in [0.717, 1.165) is 18.8 Å². The fraction of sp³-hybridized carbons (Fsp3) is 0.727. The number of ether oxygens (including phenoxy) is 2. The van der Waals surface area contributed by atoms with Gasteiger partial charge < -0.3 is 19.5 Å². The molecule has 3 atom stereocenters. The van der Waals surface area contributed by atoms with E-state index in [1.165, 1.54) is 12.0 Å². The highest BCUT2D eigenvalue weighted by molar-refractivity contribution is 5.31. The summed E-state index contributed by atoms with van der Waals surface area (Å²) in [6.45, 7) is 15.4. The fourth-order valence-corrected chi connectivity index (χ4v) is 3.78. The van der Waals surface area contributed by atoms with Crippen LogP contribution in [0.4, 0.5) is 0 Å². The number of rotatable bonds is 8. The van der Waals surface area contributed by atoms with E-state index in [2.05, 4.69) is 51.7 Å². The van der Waals surface area contributed by atoms with Crippen LogP contribution in [0.25, 0.3) is 0 Å². The van der Waals surface area contributed by atoms with Gasteiger partial charge in [-0.25, -0.2) is 0 Å². The van der Waals surface area contributed by atoms with Gasteiger partial charge >= 0.3 is 0 Å². The summed E-state index contributed by atoms with van der Waals surface area (Å²) in [6, 6.07) is 8.24. The SMILES string of the molecule is C[C@@H]1C[C@@H](C)CN(C[C@H](O)COCCOc2ccc(C(C)(C)C)cc2)C1. The molecule has 0 saturated carbocycles. The summed E-state index contributed by atoms with van der Waals surface area (Å²) in [4.78, 5) is 2.36. The first-order valence-electron chi connectivity index (χ1n) is 9.95. The molecule has 0 aliphatic carbocycles. The number of likely N-dealkylation sites (tertiary alicyclic amines) is 1. The normalized spacial score (nSPS) is 23.0. The van der Waals surface area contributed by atoms with E-state index in [1.807, 2.05) is 12.1 Å². The highest BCUT2D eigenvalue weighted by Gasteiger charge is 2.23. The molecule has 0 amide bonds. The van der Waals surface area contributed by atoms with Gasteiger partial charge in [0.15, 0.2) is 0 Å². The van der Waals surface area contributed by atoms with E-state index < -0.39 is 6.10 Å². The van der Waals surface area contributed by atoms with E-state index in [0.29, 0.717) is 38.2 Å². The Hall–Kier alpha value is -1.10. The third-order valence-electron chi connectivity index (χ3n) is 4.94. The average molecular weight is 364 g/mol. The van der Waals surface area contributed by atoms with E-state index in [-0.39, 0.29) is 5.41 Å². The van der Waals surface area contributed by atoms with Gasteiger partial charge in [-0.05, 0) is 41.4 Å². The predicted octanol–water partition coefficient (Wildman–Crippen LogP) is 3.72. The molecule has 26 heavy (non-hydrogen) atoms. The lowest BCUT2D eigenvalue weighted by atomic mass is 9.87. The van der Waals surface area contributed by atoms with Crippen LogP contribution in [-0.2, 0) is 10.2 Å². The van der Waals surface area contributed by atoms with Gasteiger partial charge in [-0.2, -0.15) is 0 Å². The van der Waals surface area contributed by atoms with Crippen molar-refractivity contribution in [1.29, 1.82) is 0 Å². The van der Waals surface area contributed by atoms with Gasteiger partial charge in [-0.3, -0.25) is 0 Å². The Morgan fingerprint density at radius 2 is 1.69 bits per heavy atom. The summed E-state index contributed by atoms with van der Waals surface area (Å²) in [5, 5.41) is 10.2. The Labute approximate surface area is 159 Å². The zero-order valence-electron chi connectivity index (χ0n) is 17.2. The molecule has 4 nitrogen and oxygen atoms in total. The van der Waals surface area contributed by atoms with Crippen molar-refractivity contribution in [2.75, 3.05) is 39.5 Å². The number of piperidine rings is 1. The van der Waals surface area contributed by atoms with Crippen LogP contribution in [0.3, 0.4) is 0 Å². The smallest absolute Gasteiger partial charge is 0.119 e. The molecule has 0 unspecified atom stereocenters. The van der Waals surface area contributed by atoms with E-state index >= 15 is 0 Å². The van der Waals surface area contributed by atoms with Crippen molar-refractivity contribution in [3.63, 3.8) is 0 Å². The van der Waals surface area contributed by atoms with Crippen LogP contribution in [-0.4, -0.2) is 55.6 Å². The molecule has 1 fully saturated rings. The summed E-state index contributed by atoms with van der Waals surface area (Å²) in [5.41, 5.74) is 1.45. The number of hydrogen-bond donors (Lipinski definition) is 1.